The number of hydrogen-bond donors (Lipinski definition) is 7. The van der Waals surface area contributed by atoms with Crippen molar-refractivity contribution in [1.82, 2.24) is 20.9 Å². The van der Waals surface area contributed by atoms with Crippen LogP contribution in [0.15, 0.2) is 35.6 Å². The van der Waals surface area contributed by atoms with E-state index in [1.165, 1.54) is 24.5 Å². The molecule has 0 bridgehead atoms. The number of nitrogens with one attached hydrogen (secondary N) is 4. The fraction of sp³-hybridized carbons (Fsp3) is 0.348. The number of alkyl halides is 1. The van der Waals surface area contributed by atoms with Crippen LogP contribution in [0.3, 0.4) is 0 Å². The summed E-state index contributed by atoms with van der Waals surface area (Å²) in [5, 5.41) is 39.3. The molecule has 14 heteroatoms. The number of aliphatic hydroxyl groups is 1. The van der Waals surface area contributed by atoms with E-state index in [0.29, 0.717) is 11.3 Å². The van der Waals surface area contributed by atoms with Gasteiger partial charge in [-0.2, -0.15) is 17.7 Å². The zero-order valence-electron chi connectivity index (χ0n) is 19.9. The summed E-state index contributed by atoms with van der Waals surface area (Å²) in [4.78, 5) is 44.2. The van der Waals surface area contributed by atoms with Crippen LogP contribution < -0.4 is 21.3 Å². The molecule has 192 valence electrons. The van der Waals surface area contributed by atoms with Crippen LogP contribution >= 0.6 is 0 Å². The molecule has 0 saturated heterocycles. The van der Waals surface area contributed by atoms with Crippen molar-refractivity contribution in [1.29, 1.82) is 0 Å². The molecule has 2 heterocycles. The average molecular weight is 590 g/mol. The van der Waals surface area contributed by atoms with Gasteiger partial charge in [-0.25, -0.2) is 4.39 Å². The molecule has 7 N–H and O–H groups in total. The number of hydrogen-bond acceptors (Lipinski definition) is 9. The number of aliphatic hydroxyl groups excluding tert-OH is 1. The van der Waals surface area contributed by atoms with Gasteiger partial charge < -0.3 is 36.6 Å². The van der Waals surface area contributed by atoms with E-state index in [9.17, 15) is 34.1 Å². The van der Waals surface area contributed by atoms with Crippen molar-refractivity contribution in [2.75, 3.05) is 25.0 Å². The Kier molecular flexibility index (Phi) is 11.3. The van der Waals surface area contributed by atoms with E-state index >= 15 is 0 Å². The van der Waals surface area contributed by atoms with Gasteiger partial charge in [0, 0.05) is 18.0 Å². The molecule has 2 amide bonds. The molecule has 0 spiro atoms. The maximum absolute atomic E-state index is 13.6. The van der Waals surface area contributed by atoms with Crippen LogP contribution in [0.4, 0.5) is 10.1 Å². The number of aliphatic carboxylic acids is 1. The second kappa shape index (κ2) is 14.0. The molecule has 1 aromatic heterocycles. The number of guanidine groups is 1. The average Bonchev–Trinajstić information content (AvgIpc) is 2.99. The second-order valence-electron chi connectivity index (χ2n) is 8.12. The van der Waals surface area contributed by atoms with Crippen LogP contribution in [0.5, 0.6) is 5.75 Å². The molecule has 3 rings (SSSR count). The minimum absolute atomic E-state index is 0. The maximum atomic E-state index is 13.6. The first kappa shape index (κ1) is 30.1. The normalized spacial score (nSPS) is 17.6. The van der Waals surface area contributed by atoms with E-state index in [0.717, 1.165) is 0 Å². The van der Waals surface area contributed by atoms with Gasteiger partial charge in [0.1, 0.15) is 12.3 Å². The number of carboxylic acid groups (broad SMARTS) is 1. The summed E-state index contributed by atoms with van der Waals surface area (Å²) in [6.45, 7) is 0.986. The molecular weight excluding hydrogens is 564 g/mol. The molecule has 3 atom stereocenters. The van der Waals surface area contributed by atoms with E-state index in [4.69, 9.17) is 0 Å². The number of amides is 2. The Hall–Kier alpha value is -3.16. The first-order valence-electron chi connectivity index (χ1n) is 11.0. The van der Waals surface area contributed by atoms with E-state index in [-0.39, 0.29) is 68.6 Å². The molecule has 2 aromatic rings. The Morgan fingerprint density at radius 2 is 2.05 bits per heavy atom. The molecule has 3 unspecified atom stereocenters. The molecular formula is C23H26FN6O6Y+2. The number of halogens is 1. The molecule has 1 aliphatic heterocycles. The van der Waals surface area contributed by atoms with Crippen LogP contribution in [0.1, 0.15) is 33.9 Å². The smallest absolute Gasteiger partial charge is 0.534 e. The van der Waals surface area contributed by atoms with E-state index in [2.05, 4.69) is 37.3 Å². The number of anilines is 1. The number of aliphatic imine (C=N–C) groups is 1. The molecule has 1 aromatic carbocycles. The zero-order chi connectivity index (χ0) is 26.2. The zero-order valence-corrected chi connectivity index (χ0v) is 22.7. The third-order valence-corrected chi connectivity index (χ3v) is 5.17. The Bertz CT molecular complexity index is 1170. The van der Waals surface area contributed by atoms with Crippen LogP contribution in [0.2, 0.25) is 0 Å². The number of aromatic nitrogens is 1. The van der Waals surface area contributed by atoms with Gasteiger partial charge >= 0.3 is 38.7 Å². The topological polar surface area (TPSA) is 185 Å². The van der Waals surface area contributed by atoms with Gasteiger partial charge in [-0.05, 0) is 6.07 Å². The number of carbonyl (C=O) groups is 3. The summed E-state index contributed by atoms with van der Waals surface area (Å²) in [6.07, 6.45) is -0.501. The number of carboxylic acids is 1. The Morgan fingerprint density at radius 3 is 2.78 bits per heavy atom. The quantitative estimate of drug-likeness (QED) is 0.208. The summed E-state index contributed by atoms with van der Waals surface area (Å²) < 4.78 is 13.6. The summed E-state index contributed by atoms with van der Waals surface area (Å²) in [6, 6.07) is 6.07. The minimum Gasteiger partial charge on any atom is -0.534 e. The number of aryl methyl sites for hydroxylation is 1. The molecule has 1 aliphatic rings. The van der Waals surface area contributed by atoms with Crippen LogP contribution in [0, 0.1) is 13.0 Å². The van der Waals surface area contributed by atoms with Gasteiger partial charge in [0.25, 0.3) is 5.91 Å². The fourth-order valence-electron chi connectivity index (χ4n) is 3.35. The van der Waals surface area contributed by atoms with Gasteiger partial charge in [-0.1, -0.05) is 12.5 Å². The van der Waals surface area contributed by atoms with Crippen molar-refractivity contribution >= 4 is 29.4 Å². The van der Waals surface area contributed by atoms with Gasteiger partial charge in [0.2, 0.25) is 5.91 Å². The van der Waals surface area contributed by atoms with Crippen molar-refractivity contribution < 1.29 is 66.8 Å². The first-order valence-corrected chi connectivity index (χ1v) is 11.0. The van der Waals surface area contributed by atoms with Crippen molar-refractivity contribution in [3.05, 3.63) is 53.3 Å². The molecule has 0 saturated carbocycles. The predicted molar refractivity (Wildman–Crippen MR) is 126 cm³/mol. The van der Waals surface area contributed by atoms with E-state index in [1.54, 1.807) is 13.0 Å². The largest absolute Gasteiger partial charge is 3.00 e. The molecule has 0 fully saturated rings. The van der Waals surface area contributed by atoms with Crippen molar-refractivity contribution in [2.45, 2.75) is 31.7 Å². The first-order chi connectivity index (χ1) is 17.1. The number of benzene rings is 1. The SMILES string of the molecule is Cc1c[c-]c(O)c(C(CC(=O)O)NC(=O)CNC(=O)c2cncc(NC3=NCC(O)C(F)CN3)c2)c1.[Y+3]. The standard InChI is InChI=1S/C23H26FN6O6.Y/c1-12-2-3-18(31)15(4-12)17(6-21(34)35)30-20(33)11-26-22(36)13-5-14(8-25-7-13)29-23-27-9-16(24)19(32)10-28-23;/h2,4-5,7-8,16-17,19,31-32H,6,9-11H2,1H3,(H,26,36)(H,30,33)(H,34,35)(H2,27,28,29);/q-1;+3. The second-order valence-corrected chi connectivity index (χ2v) is 8.12. The predicted octanol–water partition coefficient (Wildman–Crippen LogP) is 0.0254. The Balaban J connectivity index is 0.00000481. The third-order valence-electron chi connectivity index (χ3n) is 5.17. The summed E-state index contributed by atoms with van der Waals surface area (Å²) in [5.41, 5.74) is 1.38. The number of phenols is 1. The van der Waals surface area contributed by atoms with Gasteiger partial charge in [0.05, 0.1) is 43.5 Å². The number of phenolic OH excluding ortho intramolecular Hbond substituents is 1. The van der Waals surface area contributed by atoms with Crippen LogP contribution in [-0.4, -0.2) is 76.0 Å². The number of pyridine rings is 1. The van der Waals surface area contributed by atoms with Crippen molar-refractivity contribution in [3.63, 3.8) is 0 Å². The monoisotopic (exact) mass is 590 g/mol. The molecule has 37 heavy (non-hydrogen) atoms. The Morgan fingerprint density at radius 1 is 1.30 bits per heavy atom. The summed E-state index contributed by atoms with van der Waals surface area (Å²) in [7, 11) is 0. The van der Waals surface area contributed by atoms with E-state index < -0.39 is 49.1 Å². The fourth-order valence-corrected chi connectivity index (χ4v) is 3.35. The molecule has 0 aliphatic carbocycles. The number of nitrogens with zero attached hydrogens (tertiary/aromatic N) is 2. The molecule has 0 radical (unpaired) electrons. The number of carbonyl (C=O) groups excluding carboxylic acids is 2. The van der Waals surface area contributed by atoms with Gasteiger partial charge in [0.15, 0.2) is 5.96 Å². The van der Waals surface area contributed by atoms with Crippen molar-refractivity contribution in [2.24, 2.45) is 4.99 Å². The Labute approximate surface area is 237 Å². The van der Waals surface area contributed by atoms with Gasteiger partial charge in [-0.15, -0.1) is 6.07 Å². The van der Waals surface area contributed by atoms with E-state index in [1.807, 2.05) is 0 Å². The summed E-state index contributed by atoms with van der Waals surface area (Å²) >= 11 is 0. The number of rotatable bonds is 8. The maximum Gasteiger partial charge on any atom is 3.00 e. The van der Waals surface area contributed by atoms with Crippen LogP contribution in [-0.2, 0) is 42.3 Å². The van der Waals surface area contributed by atoms with Gasteiger partial charge in [-0.3, -0.25) is 24.4 Å². The van der Waals surface area contributed by atoms with Crippen molar-refractivity contribution in [3.8, 4) is 5.75 Å². The molecule has 12 nitrogen and oxygen atoms in total. The number of aromatic hydroxyl groups is 1. The van der Waals surface area contributed by atoms with Crippen LogP contribution in [0.25, 0.3) is 0 Å². The third kappa shape index (κ3) is 9.02. The summed E-state index contributed by atoms with van der Waals surface area (Å²) in [5.74, 6) is -2.57. The minimum atomic E-state index is -1.47.